The smallest absolute Gasteiger partial charge is 0.167 e. The molecule has 1 aromatic rings. The van der Waals surface area contributed by atoms with Crippen molar-refractivity contribution in [2.75, 3.05) is 6.54 Å². The Morgan fingerprint density at radius 3 is 2.67 bits per heavy atom. The van der Waals surface area contributed by atoms with Crippen LogP contribution in [-0.2, 0) is 4.79 Å². The maximum Gasteiger partial charge on any atom is 0.167 e. The van der Waals surface area contributed by atoms with Crippen LogP contribution in [0.3, 0.4) is 0 Å². The van der Waals surface area contributed by atoms with Crippen LogP contribution in [0.25, 0.3) is 0 Å². The minimum absolute atomic E-state index is 0.0407. The van der Waals surface area contributed by atoms with E-state index in [1.165, 1.54) is 0 Å². The van der Waals surface area contributed by atoms with E-state index >= 15 is 0 Å². The molecule has 1 aromatic carbocycles. The Kier molecular flexibility index (Phi) is 2.59. The quantitative estimate of drug-likeness (QED) is 0.720. The predicted molar refractivity (Wildman–Crippen MR) is 57.4 cm³/mol. The minimum Gasteiger partial charge on any atom is -0.381 e. The predicted octanol–water partition coefficient (Wildman–Crippen LogP) is 1.04. The molecule has 80 valence electrons. The first-order valence-corrected chi connectivity index (χ1v) is 5.13. The van der Waals surface area contributed by atoms with E-state index in [0.29, 0.717) is 13.0 Å². The van der Waals surface area contributed by atoms with Crippen molar-refractivity contribution in [3.05, 3.63) is 35.9 Å². The molecule has 0 aromatic heterocycles. The van der Waals surface area contributed by atoms with Crippen LogP contribution in [0.4, 0.5) is 0 Å². The van der Waals surface area contributed by atoms with Gasteiger partial charge in [0.15, 0.2) is 5.78 Å². The Hall–Kier alpha value is -1.19. The highest BCUT2D eigenvalue weighted by Crippen LogP contribution is 2.24. The zero-order valence-electron chi connectivity index (χ0n) is 8.73. The lowest BCUT2D eigenvalue weighted by atomic mass is 9.88. The standard InChI is InChI=1S/C12H15NO2/c1-12(15)8-13-10(7-11(12)14)9-5-3-2-4-6-9/h2-6,10,13,15H,7-8H2,1H3. The fraction of sp³-hybridized carbons (Fsp3) is 0.417. The van der Waals surface area contributed by atoms with Crippen LogP contribution in [0.5, 0.6) is 0 Å². The molecule has 0 spiro atoms. The number of rotatable bonds is 1. The third kappa shape index (κ3) is 2.08. The first kappa shape index (κ1) is 10.3. The average molecular weight is 205 g/mol. The number of β-amino-alcohol motifs (C(OH)–C–C–N with tert-alkyl or cyclic N) is 1. The summed E-state index contributed by atoms with van der Waals surface area (Å²) in [6.07, 6.45) is 0.358. The van der Waals surface area contributed by atoms with Gasteiger partial charge in [-0.25, -0.2) is 0 Å². The molecule has 0 bridgehead atoms. The van der Waals surface area contributed by atoms with Gasteiger partial charge in [0, 0.05) is 19.0 Å². The fourth-order valence-corrected chi connectivity index (χ4v) is 1.82. The number of hydrogen-bond acceptors (Lipinski definition) is 3. The van der Waals surface area contributed by atoms with Crippen molar-refractivity contribution in [2.24, 2.45) is 0 Å². The van der Waals surface area contributed by atoms with Gasteiger partial charge in [-0.05, 0) is 12.5 Å². The summed E-state index contributed by atoms with van der Waals surface area (Å²) in [5, 5.41) is 12.9. The van der Waals surface area contributed by atoms with Crippen LogP contribution in [0, 0.1) is 0 Å². The Balaban J connectivity index is 2.13. The van der Waals surface area contributed by atoms with Crippen LogP contribution < -0.4 is 5.32 Å². The zero-order chi connectivity index (χ0) is 10.9. The van der Waals surface area contributed by atoms with Gasteiger partial charge in [-0.1, -0.05) is 30.3 Å². The van der Waals surface area contributed by atoms with Gasteiger partial charge in [-0.15, -0.1) is 0 Å². The first-order valence-electron chi connectivity index (χ1n) is 5.13. The largest absolute Gasteiger partial charge is 0.381 e. The van der Waals surface area contributed by atoms with Gasteiger partial charge in [0.2, 0.25) is 0 Å². The molecule has 2 unspecified atom stereocenters. The zero-order valence-corrected chi connectivity index (χ0v) is 8.73. The van der Waals surface area contributed by atoms with E-state index in [-0.39, 0.29) is 11.8 Å². The van der Waals surface area contributed by atoms with Crippen molar-refractivity contribution in [1.29, 1.82) is 0 Å². The van der Waals surface area contributed by atoms with E-state index < -0.39 is 5.60 Å². The highest BCUT2D eigenvalue weighted by molar-refractivity contribution is 5.88. The molecule has 0 radical (unpaired) electrons. The van der Waals surface area contributed by atoms with E-state index in [2.05, 4.69) is 5.32 Å². The molecule has 2 atom stereocenters. The molecule has 15 heavy (non-hydrogen) atoms. The Morgan fingerprint density at radius 2 is 2.07 bits per heavy atom. The van der Waals surface area contributed by atoms with Crippen LogP contribution in [0.15, 0.2) is 30.3 Å². The van der Waals surface area contributed by atoms with Gasteiger partial charge >= 0.3 is 0 Å². The number of carbonyl (C=O) groups excluding carboxylic acids is 1. The van der Waals surface area contributed by atoms with Gasteiger partial charge in [0.1, 0.15) is 5.60 Å². The normalized spacial score (nSPS) is 31.6. The summed E-state index contributed by atoms with van der Waals surface area (Å²) >= 11 is 0. The number of Topliss-reactive ketones (excluding diaryl/α,β-unsaturated/α-hetero) is 1. The van der Waals surface area contributed by atoms with E-state index in [9.17, 15) is 9.90 Å². The van der Waals surface area contributed by atoms with E-state index in [0.717, 1.165) is 5.56 Å². The number of ketones is 1. The second-order valence-electron chi connectivity index (χ2n) is 4.25. The van der Waals surface area contributed by atoms with Crippen molar-refractivity contribution < 1.29 is 9.90 Å². The van der Waals surface area contributed by atoms with Gasteiger partial charge in [0.25, 0.3) is 0 Å². The molecule has 2 N–H and O–H groups in total. The molecular formula is C12H15NO2. The van der Waals surface area contributed by atoms with Gasteiger partial charge in [0.05, 0.1) is 0 Å². The first-order chi connectivity index (χ1) is 7.09. The molecule has 3 nitrogen and oxygen atoms in total. The van der Waals surface area contributed by atoms with Crippen molar-refractivity contribution in [2.45, 2.75) is 25.0 Å². The van der Waals surface area contributed by atoms with Gasteiger partial charge < -0.3 is 10.4 Å². The van der Waals surface area contributed by atoms with Crippen LogP contribution in [-0.4, -0.2) is 23.0 Å². The third-order valence-electron chi connectivity index (χ3n) is 2.88. The summed E-state index contributed by atoms with van der Waals surface area (Å²) in [5.74, 6) is -0.0879. The number of aliphatic hydroxyl groups is 1. The summed E-state index contributed by atoms with van der Waals surface area (Å²) in [4.78, 5) is 11.6. The van der Waals surface area contributed by atoms with Crippen LogP contribution in [0.2, 0.25) is 0 Å². The highest BCUT2D eigenvalue weighted by atomic mass is 16.3. The molecule has 0 aliphatic carbocycles. The van der Waals surface area contributed by atoms with Crippen molar-refractivity contribution in [1.82, 2.24) is 5.32 Å². The number of carbonyl (C=O) groups is 1. The monoisotopic (exact) mass is 205 g/mol. The second-order valence-corrected chi connectivity index (χ2v) is 4.25. The average Bonchev–Trinajstić information content (AvgIpc) is 2.23. The summed E-state index contributed by atoms with van der Waals surface area (Å²) < 4.78 is 0. The molecule has 1 heterocycles. The second kappa shape index (κ2) is 3.76. The maximum atomic E-state index is 11.6. The number of nitrogens with one attached hydrogen (secondary N) is 1. The molecule has 0 saturated carbocycles. The Morgan fingerprint density at radius 1 is 1.40 bits per heavy atom. The van der Waals surface area contributed by atoms with E-state index in [1.54, 1.807) is 6.92 Å². The summed E-state index contributed by atoms with van der Waals surface area (Å²) in [7, 11) is 0. The van der Waals surface area contributed by atoms with E-state index in [4.69, 9.17) is 0 Å². The topological polar surface area (TPSA) is 49.3 Å². The SMILES string of the molecule is CC1(O)CNC(c2ccccc2)CC1=O. The van der Waals surface area contributed by atoms with Crippen molar-refractivity contribution in [3.63, 3.8) is 0 Å². The van der Waals surface area contributed by atoms with Gasteiger partial charge in [-0.2, -0.15) is 0 Å². The molecular weight excluding hydrogens is 190 g/mol. The molecule has 1 fully saturated rings. The summed E-state index contributed by atoms with van der Waals surface area (Å²) in [6, 6.07) is 9.88. The molecule has 2 rings (SSSR count). The lowest BCUT2D eigenvalue weighted by Gasteiger charge is -2.33. The molecule has 3 heteroatoms. The van der Waals surface area contributed by atoms with Crippen LogP contribution in [0.1, 0.15) is 24.9 Å². The fourth-order valence-electron chi connectivity index (χ4n) is 1.82. The summed E-state index contributed by atoms with van der Waals surface area (Å²) in [6.45, 7) is 1.88. The Labute approximate surface area is 89.1 Å². The van der Waals surface area contributed by atoms with Crippen LogP contribution >= 0.6 is 0 Å². The molecule has 1 aliphatic heterocycles. The highest BCUT2D eigenvalue weighted by Gasteiger charge is 2.36. The Bertz CT molecular complexity index is 359. The van der Waals surface area contributed by atoms with E-state index in [1.807, 2.05) is 30.3 Å². The number of benzene rings is 1. The number of hydrogen-bond donors (Lipinski definition) is 2. The van der Waals surface area contributed by atoms with Crippen molar-refractivity contribution in [3.8, 4) is 0 Å². The minimum atomic E-state index is -1.20. The number of piperidine rings is 1. The molecule has 1 saturated heterocycles. The summed E-state index contributed by atoms with van der Waals surface area (Å²) in [5.41, 5.74) is -0.105. The lowest BCUT2D eigenvalue weighted by Crippen LogP contribution is -2.51. The lowest BCUT2D eigenvalue weighted by molar-refractivity contribution is -0.138. The molecule has 0 amide bonds. The molecule has 1 aliphatic rings. The van der Waals surface area contributed by atoms with Crippen molar-refractivity contribution >= 4 is 5.78 Å². The van der Waals surface area contributed by atoms with Gasteiger partial charge in [-0.3, -0.25) is 4.79 Å². The third-order valence-corrected chi connectivity index (χ3v) is 2.88. The maximum absolute atomic E-state index is 11.6.